The van der Waals surface area contributed by atoms with E-state index < -0.39 is 5.54 Å². The predicted molar refractivity (Wildman–Crippen MR) is 125 cm³/mol. The third kappa shape index (κ3) is 3.78. The zero-order valence-electron chi connectivity index (χ0n) is 17.5. The van der Waals surface area contributed by atoms with Crippen LogP contribution in [-0.4, -0.2) is 23.2 Å². The Morgan fingerprint density at radius 2 is 1.60 bits per heavy atom. The Labute approximate surface area is 183 Å². The molecule has 30 heavy (non-hydrogen) atoms. The molecule has 1 atom stereocenters. The van der Waals surface area contributed by atoms with Crippen LogP contribution in [0.25, 0.3) is 0 Å². The molecule has 4 rings (SSSR count). The molecule has 0 aliphatic carbocycles. The van der Waals surface area contributed by atoms with Gasteiger partial charge in [-0.2, -0.15) is 0 Å². The minimum Gasteiger partial charge on any atom is -0.307 e. The van der Waals surface area contributed by atoms with Gasteiger partial charge in [0.15, 0.2) is 0 Å². The maximum atomic E-state index is 13.9. The number of amides is 1. The lowest BCUT2D eigenvalue weighted by molar-refractivity contribution is -0.123. The molecule has 3 nitrogen and oxygen atoms in total. The highest BCUT2D eigenvalue weighted by Gasteiger charge is 2.42. The lowest BCUT2D eigenvalue weighted by Gasteiger charge is -2.33. The summed E-state index contributed by atoms with van der Waals surface area (Å²) in [7, 11) is 0. The highest BCUT2D eigenvalue weighted by atomic mass is 35.5. The smallest absolute Gasteiger partial charge is 0.255 e. The predicted octanol–water partition coefficient (Wildman–Crippen LogP) is 5.93. The number of hydrogen-bond acceptors (Lipinski definition) is 2. The van der Waals surface area contributed by atoms with E-state index in [0.717, 1.165) is 28.1 Å². The summed E-state index contributed by atoms with van der Waals surface area (Å²) in [5, 5.41) is 0.625. The first-order chi connectivity index (χ1) is 14.4. The lowest BCUT2D eigenvalue weighted by atomic mass is 9.91. The number of benzodiazepines with no additional fused rings is 1. The summed E-state index contributed by atoms with van der Waals surface area (Å²) in [6, 6.07) is 25.8. The average molecular weight is 417 g/mol. The van der Waals surface area contributed by atoms with Gasteiger partial charge in [0.25, 0.3) is 5.91 Å². The molecule has 3 aromatic rings. The zero-order valence-corrected chi connectivity index (χ0v) is 18.2. The Balaban J connectivity index is 1.98. The molecule has 0 fully saturated rings. The van der Waals surface area contributed by atoms with Crippen molar-refractivity contribution in [2.45, 2.75) is 38.8 Å². The Bertz CT molecular complexity index is 1090. The van der Waals surface area contributed by atoms with Crippen molar-refractivity contribution in [3.63, 3.8) is 0 Å². The number of halogens is 1. The third-order valence-electron chi connectivity index (χ3n) is 5.47. The van der Waals surface area contributed by atoms with Gasteiger partial charge in [0, 0.05) is 28.6 Å². The number of hydrogen-bond donors (Lipinski definition) is 0. The standard InChI is InChI=1S/C26H25ClN2O/c1-18(2)29-23-15-14-21(27)16-22(23)24(20-12-8-5-9-13-20)28-26(3,25(29)30)17-19-10-6-4-7-11-19/h4-16,18H,17H2,1-3H3/t26-/m1/s1. The molecular formula is C26H25ClN2O. The molecule has 1 heterocycles. The highest BCUT2D eigenvalue weighted by Crippen LogP contribution is 2.36. The van der Waals surface area contributed by atoms with Gasteiger partial charge in [0.05, 0.1) is 11.4 Å². The van der Waals surface area contributed by atoms with E-state index in [1.807, 2.05) is 105 Å². The summed E-state index contributed by atoms with van der Waals surface area (Å²) in [4.78, 5) is 20.9. The van der Waals surface area contributed by atoms with E-state index in [9.17, 15) is 4.79 Å². The Kier molecular flexibility index (Phi) is 5.48. The van der Waals surface area contributed by atoms with Crippen molar-refractivity contribution >= 4 is 28.9 Å². The zero-order chi connectivity index (χ0) is 21.3. The second-order valence-corrected chi connectivity index (χ2v) is 8.63. The van der Waals surface area contributed by atoms with E-state index >= 15 is 0 Å². The van der Waals surface area contributed by atoms with E-state index in [1.165, 1.54) is 0 Å². The van der Waals surface area contributed by atoms with Gasteiger partial charge in [0.2, 0.25) is 0 Å². The van der Waals surface area contributed by atoms with Gasteiger partial charge in [-0.25, -0.2) is 0 Å². The molecule has 0 N–H and O–H groups in total. The van der Waals surface area contributed by atoms with E-state index in [2.05, 4.69) is 0 Å². The van der Waals surface area contributed by atoms with Crippen molar-refractivity contribution in [3.05, 3.63) is 101 Å². The Morgan fingerprint density at radius 1 is 0.967 bits per heavy atom. The van der Waals surface area contributed by atoms with Crippen LogP contribution in [0.3, 0.4) is 0 Å². The quantitative estimate of drug-likeness (QED) is 0.518. The number of rotatable bonds is 4. The summed E-state index contributed by atoms with van der Waals surface area (Å²) in [6.45, 7) is 6.01. The molecule has 0 spiro atoms. The summed E-state index contributed by atoms with van der Waals surface area (Å²) >= 11 is 6.39. The van der Waals surface area contributed by atoms with Gasteiger partial charge in [0.1, 0.15) is 5.54 Å². The summed E-state index contributed by atoms with van der Waals surface area (Å²) in [6.07, 6.45) is 0.522. The van der Waals surface area contributed by atoms with Crippen LogP contribution in [0.2, 0.25) is 5.02 Å². The second kappa shape index (κ2) is 8.08. The first kappa shape index (κ1) is 20.4. The van der Waals surface area contributed by atoms with Gasteiger partial charge in [-0.3, -0.25) is 9.79 Å². The van der Waals surface area contributed by atoms with Crippen molar-refractivity contribution in [2.75, 3.05) is 4.90 Å². The Hall–Kier alpha value is -2.91. The van der Waals surface area contributed by atoms with Crippen LogP contribution < -0.4 is 4.90 Å². The van der Waals surface area contributed by atoms with Crippen LogP contribution in [0.4, 0.5) is 5.69 Å². The van der Waals surface area contributed by atoms with E-state index in [0.29, 0.717) is 11.4 Å². The van der Waals surface area contributed by atoms with Crippen LogP contribution in [0.5, 0.6) is 0 Å². The third-order valence-corrected chi connectivity index (χ3v) is 5.70. The summed E-state index contributed by atoms with van der Waals surface area (Å²) < 4.78 is 0. The average Bonchev–Trinajstić information content (AvgIpc) is 2.83. The van der Waals surface area contributed by atoms with Gasteiger partial charge in [-0.1, -0.05) is 72.3 Å². The minimum atomic E-state index is -0.942. The van der Waals surface area contributed by atoms with E-state index in [-0.39, 0.29) is 11.9 Å². The fourth-order valence-corrected chi connectivity index (χ4v) is 4.24. The van der Waals surface area contributed by atoms with Crippen LogP contribution >= 0.6 is 11.6 Å². The van der Waals surface area contributed by atoms with Crippen LogP contribution in [0.1, 0.15) is 37.5 Å². The Morgan fingerprint density at radius 3 is 2.23 bits per heavy atom. The SMILES string of the molecule is CC(C)N1C(=O)[C@@](C)(Cc2ccccc2)N=C(c2ccccc2)c2cc(Cl)ccc21. The van der Waals surface area contributed by atoms with Crippen LogP contribution in [-0.2, 0) is 11.2 Å². The summed E-state index contributed by atoms with van der Waals surface area (Å²) in [5.74, 6) is -0.00384. The first-order valence-corrected chi connectivity index (χ1v) is 10.6. The van der Waals surface area contributed by atoms with Crippen molar-refractivity contribution in [1.29, 1.82) is 0 Å². The molecule has 152 valence electrons. The molecule has 0 aromatic heterocycles. The van der Waals surface area contributed by atoms with Gasteiger partial charge in [-0.15, -0.1) is 0 Å². The normalized spacial score (nSPS) is 18.8. The topological polar surface area (TPSA) is 32.7 Å². The highest BCUT2D eigenvalue weighted by molar-refractivity contribution is 6.32. The van der Waals surface area contributed by atoms with Gasteiger partial charge in [-0.05, 0) is 44.5 Å². The maximum Gasteiger partial charge on any atom is 0.255 e. The van der Waals surface area contributed by atoms with Gasteiger partial charge < -0.3 is 4.90 Å². The molecule has 0 unspecified atom stereocenters. The molecule has 4 heteroatoms. The van der Waals surface area contributed by atoms with Crippen molar-refractivity contribution in [1.82, 2.24) is 0 Å². The molecule has 1 aliphatic heterocycles. The molecule has 1 aliphatic rings. The van der Waals surface area contributed by atoms with Crippen LogP contribution in [0, 0.1) is 0 Å². The van der Waals surface area contributed by atoms with Crippen molar-refractivity contribution in [3.8, 4) is 0 Å². The molecule has 1 amide bonds. The number of benzene rings is 3. The summed E-state index contributed by atoms with van der Waals surface area (Å²) in [5.41, 5.74) is 3.63. The van der Waals surface area contributed by atoms with E-state index in [4.69, 9.17) is 16.6 Å². The second-order valence-electron chi connectivity index (χ2n) is 8.19. The number of carbonyl (C=O) groups excluding carboxylic acids is 1. The molecule has 3 aromatic carbocycles. The lowest BCUT2D eigenvalue weighted by Crippen LogP contribution is -2.49. The number of nitrogens with zero attached hydrogens (tertiary/aromatic N) is 2. The molecule has 0 bridgehead atoms. The first-order valence-electron chi connectivity index (χ1n) is 10.2. The molecule has 0 radical (unpaired) electrons. The molecular weight excluding hydrogens is 392 g/mol. The van der Waals surface area contributed by atoms with Crippen molar-refractivity contribution in [2.24, 2.45) is 4.99 Å². The molecule has 0 saturated carbocycles. The number of fused-ring (bicyclic) bond motifs is 1. The number of anilines is 1. The number of carbonyl (C=O) groups is 1. The monoisotopic (exact) mass is 416 g/mol. The van der Waals surface area contributed by atoms with E-state index in [1.54, 1.807) is 0 Å². The van der Waals surface area contributed by atoms with Gasteiger partial charge >= 0.3 is 0 Å². The number of aliphatic imine (C=N–C) groups is 1. The van der Waals surface area contributed by atoms with Crippen molar-refractivity contribution < 1.29 is 4.79 Å². The minimum absolute atomic E-state index is 0.00384. The molecule has 0 saturated heterocycles. The largest absolute Gasteiger partial charge is 0.307 e. The fraction of sp³-hybridized carbons (Fsp3) is 0.231. The van der Waals surface area contributed by atoms with Crippen LogP contribution in [0.15, 0.2) is 83.9 Å². The fourth-order valence-electron chi connectivity index (χ4n) is 4.07. The maximum absolute atomic E-state index is 13.9.